The zero-order valence-electron chi connectivity index (χ0n) is 31.7. The third kappa shape index (κ3) is 5.58. The van der Waals surface area contributed by atoms with Crippen LogP contribution < -0.4 is 42.6 Å². The Morgan fingerprint density at radius 2 is 1.06 bits per heavy atom. The van der Waals surface area contributed by atoms with Gasteiger partial charge >= 0.3 is 0 Å². The highest BCUT2D eigenvalue weighted by Crippen LogP contribution is 2.58. The highest BCUT2D eigenvalue weighted by molar-refractivity contribution is 5.87. The van der Waals surface area contributed by atoms with Crippen molar-refractivity contribution >= 4 is 0 Å². The van der Waals surface area contributed by atoms with Gasteiger partial charge in [-0.05, 0) is 91.5 Å². The number of methoxy groups -OCH3 is 8. The summed E-state index contributed by atoms with van der Waals surface area (Å²) < 4.78 is 54.1. The van der Waals surface area contributed by atoms with Crippen LogP contribution in [0.15, 0.2) is 36.4 Å². The van der Waals surface area contributed by atoms with Crippen molar-refractivity contribution < 1.29 is 42.6 Å². The van der Waals surface area contributed by atoms with Crippen LogP contribution in [0.25, 0.3) is 11.1 Å². The van der Waals surface area contributed by atoms with Crippen LogP contribution >= 0.6 is 0 Å². The van der Waals surface area contributed by atoms with E-state index in [9.17, 15) is 0 Å². The van der Waals surface area contributed by atoms with Gasteiger partial charge in [0.05, 0.1) is 62.9 Å². The molecule has 276 valence electrons. The Morgan fingerprint density at radius 1 is 0.500 bits per heavy atom. The quantitative estimate of drug-likeness (QED) is 0.163. The lowest BCUT2D eigenvalue weighted by atomic mass is 9.76. The van der Waals surface area contributed by atoms with Crippen LogP contribution in [0.4, 0.5) is 0 Å². The zero-order chi connectivity index (χ0) is 36.8. The first-order chi connectivity index (χ1) is 25.2. The molecule has 0 aromatic heterocycles. The Balaban J connectivity index is 1.41. The van der Waals surface area contributed by atoms with Crippen molar-refractivity contribution in [2.45, 2.75) is 31.3 Å². The fourth-order valence-electron chi connectivity index (χ4n) is 8.37. The van der Waals surface area contributed by atoms with E-state index in [1.54, 1.807) is 56.9 Å². The molecule has 0 radical (unpaired) electrons. The Hall–Kier alpha value is -5.00. The van der Waals surface area contributed by atoms with Crippen molar-refractivity contribution in [3.8, 4) is 68.6 Å². The van der Waals surface area contributed by atoms with Crippen LogP contribution in [0.5, 0.6) is 57.5 Å². The predicted octanol–water partition coefficient (Wildman–Crippen LogP) is 6.88. The first-order valence-corrected chi connectivity index (χ1v) is 17.4. The maximum atomic E-state index is 6.98. The van der Waals surface area contributed by atoms with Gasteiger partial charge in [-0.3, -0.25) is 9.80 Å². The molecule has 1 aliphatic carbocycles. The number of ether oxygens (including phenoxy) is 9. The molecule has 0 saturated heterocycles. The first kappa shape index (κ1) is 35.4. The molecule has 0 amide bonds. The van der Waals surface area contributed by atoms with Crippen molar-refractivity contribution in [1.29, 1.82) is 0 Å². The van der Waals surface area contributed by atoms with Crippen molar-refractivity contribution in [2.75, 3.05) is 84.1 Å². The number of nitrogens with zero attached hydrogens (tertiary/aromatic N) is 2. The highest BCUT2D eigenvalue weighted by Gasteiger charge is 2.40. The Labute approximate surface area is 305 Å². The number of hydrogen-bond donors (Lipinski definition) is 0. The van der Waals surface area contributed by atoms with Crippen molar-refractivity contribution in [3.63, 3.8) is 0 Å². The molecule has 3 aliphatic rings. The van der Waals surface area contributed by atoms with Gasteiger partial charge in [0, 0.05) is 41.9 Å². The number of likely N-dealkylation sites (N-methyl/N-ethyl adjacent to an activating group) is 2. The average molecular weight is 713 g/mol. The molecular weight excluding hydrogens is 664 g/mol. The van der Waals surface area contributed by atoms with E-state index in [0.717, 1.165) is 71.5 Å². The smallest absolute Gasteiger partial charge is 0.204 e. The van der Waals surface area contributed by atoms with Crippen LogP contribution in [0.2, 0.25) is 0 Å². The van der Waals surface area contributed by atoms with Gasteiger partial charge in [-0.25, -0.2) is 0 Å². The fourth-order valence-corrected chi connectivity index (χ4v) is 8.37. The van der Waals surface area contributed by atoms with Crippen molar-refractivity contribution in [1.82, 2.24) is 9.80 Å². The average Bonchev–Trinajstić information content (AvgIpc) is 3.17. The van der Waals surface area contributed by atoms with Gasteiger partial charge in [0.15, 0.2) is 46.0 Å². The molecule has 11 heteroatoms. The Bertz CT molecular complexity index is 2010. The fraction of sp³-hybridized carbons (Fsp3) is 0.415. The Kier molecular flexibility index (Phi) is 9.67. The maximum Gasteiger partial charge on any atom is 0.204 e. The molecule has 2 heterocycles. The lowest BCUT2D eigenvalue weighted by Crippen LogP contribution is -2.36. The minimum Gasteiger partial charge on any atom is -0.493 e. The summed E-state index contributed by atoms with van der Waals surface area (Å²) in [5, 5.41) is 0. The van der Waals surface area contributed by atoms with Gasteiger partial charge in [-0.1, -0.05) is 0 Å². The largest absolute Gasteiger partial charge is 0.493 e. The Morgan fingerprint density at radius 3 is 1.69 bits per heavy atom. The second-order valence-corrected chi connectivity index (χ2v) is 13.4. The van der Waals surface area contributed by atoms with Gasteiger partial charge in [0.2, 0.25) is 5.75 Å². The molecule has 52 heavy (non-hydrogen) atoms. The van der Waals surface area contributed by atoms with E-state index in [1.807, 2.05) is 12.1 Å². The van der Waals surface area contributed by atoms with E-state index in [4.69, 9.17) is 42.6 Å². The van der Waals surface area contributed by atoms with Crippen LogP contribution in [-0.4, -0.2) is 93.9 Å². The molecule has 11 nitrogen and oxygen atoms in total. The van der Waals surface area contributed by atoms with Crippen LogP contribution in [-0.2, 0) is 19.3 Å². The van der Waals surface area contributed by atoms with E-state index < -0.39 is 0 Å². The van der Waals surface area contributed by atoms with Gasteiger partial charge in [-0.15, -0.1) is 0 Å². The number of hydrogen-bond acceptors (Lipinski definition) is 11. The lowest BCUT2D eigenvalue weighted by molar-refractivity contribution is 0.222. The lowest BCUT2D eigenvalue weighted by Gasteiger charge is -2.41. The zero-order valence-corrected chi connectivity index (χ0v) is 31.7. The first-order valence-electron chi connectivity index (χ1n) is 17.4. The number of benzene rings is 4. The third-order valence-corrected chi connectivity index (χ3v) is 10.9. The summed E-state index contributed by atoms with van der Waals surface area (Å²) in [5.41, 5.74) is 8.68. The molecular formula is C41H48N2O9. The molecule has 4 aromatic carbocycles. The topological polar surface area (TPSA) is 89.6 Å². The van der Waals surface area contributed by atoms with E-state index in [-0.39, 0.29) is 12.1 Å². The van der Waals surface area contributed by atoms with Gasteiger partial charge in [0.1, 0.15) is 5.75 Å². The normalized spacial score (nSPS) is 17.7. The molecule has 2 aliphatic heterocycles. The van der Waals surface area contributed by atoms with E-state index in [2.05, 4.69) is 48.2 Å². The summed E-state index contributed by atoms with van der Waals surface area (Å²) in [6.45, 7) is 1.72. The van der Waals surface area contributed by atoms with E-state index in [0.29, 0.717) is 51.7 Å². The standard InChI is InChI=1S/C41H48N2O9/c1-42-14-12-24-36-28(42)15-23-17-35(33(47-6)18-25(23)37(36)40(50-9)41(51-10)39(24)49-8)52-29-21-34(48-7)32(46-5)20-27(29)38-26-19-31(45-4)30(44-3)16-22(26)11-13-43(38)2/h16-21,28,38H,11-15H2,1-10H3/t28-,38+/m0/s1. The molecule has 0 saturated carbocycles. The van der Waals surface area contributed by atoms with E-state index in [1.165, 1.54) is 11.1 Å². The van der Waals surface area contributed by atoms with Gasteiger partial charge in [-0.2, -0.15) is 0 Å². The van der Waals surface area contributed by atoms with Crippen LogP contribution in [0, 0.1) is 0 Å². The minimum atomic E-state index is -0.185. The monoisotopic (exact) mass is 712 g/mol. The highest BCUT2D eigenvalue weighted by atomic mass is 16.5. The molecule has 2 atom stereocenters. The van der Waals surface area contributed by atoms with Crippen molar-refractivity contribution in [3.05, 3.63) is 69.8 Å². The summed E-state index contributed by atoms with van der Waals surface area (Å²) in [6, 6.07) is 12.1. The molecule has 0 spiro atoms. The number of rotatable bonds is 11. The predicted molar refractivity (Wildman–Crippen MR) is 198 cm³/mol. The van der Waals surface area contributed by atoms with Crippen molar-refractivity contribution in [2.24, 2.45) is 0 Å². The number of fused-ring (bicyclic) bond motifs is 3. The summed E-state index contributed by atoms with van der Waals surface area (Å²) in [4.78, 5) is 4.71. The maximum absolute atomic E-state index is 6.98. The molecule has 0 bridgehead atoms. The van der Waals surface area contributed by atoms with Gasteiger partial charge < -0.3 is 42.6 Å². The molecule has 0 N–H and O–H groups in total. The molecule has 0 unspecified atom stereocenters. The second-order valence-electron chi connectivity index (χ2n) is 13.4. The van der Waals surface area contributed by atoms with E-state index >= 15 is 0 Å². The molecule has 4 aromatic rings. The molecule has 0 fully saturated rings. The third-order valence-electron chi connectivity index (χ3n) is 10.9. The SMILES string of the molecule is COc1cc2c(cc1OC)[C@H](c1cc(OC)c(OC)cc1Oc1cc3c(cc1OC)-c1c(OC)c(OC)c(OC)c4c1[C@H](C3)N(C)CC4)N(C)CC2. The van der Waals surface area contributed by atoms with Crippen LogP contribution in [0.1, 0.15) is 45.5 Å². The second kappa shape index (κ2) is 14.2. The summed E-state index contributed by atoms with van der Waals surface area (Å²) in [7, 11) is 17.6. The minimum absolute atomic E-state index is 0.109. The summed E-state index contributed by atoms with van der Waals surface area (Å²) in [6.07, 6.45) is 2.47. The molecule has 7 rings (SSSR count). The summed E-state index contributed by atoms with van der Waals surface area (Å²) in [5.74, 6) is 6.29. The van der Waals surface area contributed by atoms with Gasteiger partial charge in [0.25, 0.3) is 0 Å². The van der Waals surface area contributed by atoms with Crippen LogP contribution in [0.3, 0.4) is 0 Å². The summed E-state index contributed by atoms with van der Waals surface area (Å²) >= 11 is 0.